The summed E-state index contributed by atoms with van der Waals surface area (Å²) in [6, 6.07) is 8.56. The number of benzene rings is 1. The summed E-state index contributed by atoms with van der Waals surface area (Å²) in [6.45, 7) is 2.25. The Kier molecular flexibility index (Phi) is 4.41. The van der Waals surface area contributed by atoms with Crippen LogP contribution in [-0.4, -0.2) is 37.1 Å². The number of hydrogen-bond acceptors (Lipinski definition) is 5. The summed E-state index contributed by atoms with van der Waals surface area (Å²) in [5.74, 6) is 2.07. The molecule has 24 heavy (non-hydrogen) atoms. The number of nitrogens with zero attached hydrogens (tertiary/aromatic N) is 1. The van der Waals surface area contributed by atoms with Gasteiger partial charge in [-0.1, -0.05) is 0 Å². The van der Waals surface area contributed by atoms with Crippen LogP contribution in [0.15, 0.2) is 34.7 Å². The highest BCUT2D eigenvalue weighted by Crippen LogP contribution is 2.32. The van der Waals surface area contributed by atoms with Crippen molar-refractivity contribution in [1.29, 1.82) is 0 Å². The van der Waals surface area contributed by atoms with Crippen LogP contribution in [0.5, 0.6) is 11.5 Å². The Hall–Kier alpha value is -2.96. The maximum Gasteiger partial charge on any atom is 0.251 e. The summed E-state index contributed by atoms with van der Waals surface area (Å²) in [7, 11) is 1.66. The minimum absolute atomic E-state index is 0.0938. The fourth-order valence-corrected chi connectivity index (χ4v) is 2.32. The Balaban J connectivity index is 1.52. The quantitative estimate of drug-likeness (QED) is 0.902. The maximum absolute atomic E-state index is 12.1. The van der Waals surface area contributed by atoms with E-state index in [-0.39, 0.29) is 25.2 Å². The van der Waals surface area contributed by atoms with Gasteiger partial charge in [-0.05, 0) is 37.3 Å². The van der Waals surface area contributed by atoms with Crippen LogP contribution in [0.3, 0.4) is 0 Å². The number of carbonyl (C=O) groups is 2. The molecule has 0 fully saturated rings. The molecule has 7 heteroatoms. The van der Waals surface area contributed by atoms with Crippen molar-refractivity contribution < 1.29 is 23.5 Å². The average Bonchev–Trinajstić information content (AvgIpc) is 3.20. The SMILES string of the molecule is Cc1ccc(CN(C)C(=O)CNC(=O)c2ccc3c(c2)OCO3)o1. The molecule has 2 aromatic rings. The average molecular weight is 330 g/mol. The third-order valence-corrected chi connectivity index (χ3v) is 3.65. The van der Waals surface area contributed by atoms with Gasteiger partial charge in [0.25, 0.3) is 5.91 Å². The zero-order chi connectivity index (χ0) is 17.1. The van der Waals surface area contributed by atoms with Crippen LogP contribution in [0.25, 0.3) is 0 Å². The lowest BCUT2D eigenvalue weighted by molar-refractivity contribution is -0.129. The summed E-state index contributed by atoms with van der Waals surface area (Å²) in [5, 5.41) is 2.60. The number of rotatable bonds is 5. The van der Waals surface area contributed by atoms with Gasteiger partial charge in [-0.15, -0.1) is 0 Å². The Morgan fingerprint density at radius 3 is 2.71 bits per heavy atom. The van der Waals surface area contributed by atoms with Gasteiger partial charge in [0.1, 0.15) is 11.5 Å². The molecule has 1 aliphatic rings. The number of carbonyl (C=O) groups excluding carboxylic acids is 2. The molecule has 2 heterocycles. The van der Waals surface area contributed by atoms with Crippen molar-refractivity contribution in [2.24, 2.45) is 0 Å². The molecule has 0 radical (unpaired) electrons. The number of likely N-dealkylation sites (N-methyl/N-ethyl adjacent to an activating group) is 1. The van der Waals surface area contributed by atoms with Gasteiger partial charge in [-0.3, -0.25) is 9.59 Å². The van der Waals surface area contributed by atoms with E-state index in [2.05, 4.69) is 5.32 Å². The lowest BCUT2D eigenvalue weighted by Crippen LogP contribution is -2.37. The van der Waals surface area contributed by atoms with Crippen LogP contribution >= 0.6 is 0 Å². The molecule has 0 aliphatic carbocycles. The van der Waals surface area contributed by atoms with Gasteiger partial charge in [-0.25, -0.2) is 0 Å². The van der Waals surface area contributed by atoms with E-state index >= 15 is 0 Å². The molecule has 0 saturated heterocycles. The number of fused-ring (bicyclic) bond motifs is 1. The summed E-state index contributed by atoms with van der Waals surface area (Å²) in [5.41, 5.74) is 0.413. The van der Waals surface area contributed by atoms with Crippen molar-refractivity contribution in [2.75, 3.05) is 20.4 Å². The highest BCUT2D eigenvalue weighted by Gasteiger charge is 2.17. The molecular formula is C17H18N2O5. The highest BCUT2D eigenvalue weighted by atomic mass is 16.7. The number of furan rings is 1. The minimum Gasteiger partial charge on any atom is -0.464 e. The third-order valence-electron chi connectivity index (χ3n) is 3.65. The summed E-state index contributed by atoms with van der Waals surface area (Å²) < 4.78 is 15.9. The van der Waals surface area contributed by atoms with E-state index in [1.807, 2.05) is 19.1 Å². The number of amides is 2. The van der Waals surface area contributed by atoms with Crippen LogP contribution in [0.2, 0.25) is 0 Å². The van der Waals surface area contributed by atoms with Gasteiger partial charge >= 0.3 is 0 Å². The Morgan fingerprint density at radius 1 is 1.17 bits per heavy atom. The standard InChI is InChI=1S/C17H18N2O5/c1-11-3-5-13(24-11)9-19(2)16(20)8-18-17(21)12-4-6-14-15(7-12)23-10-22-14/h3-7H,8-10H2,1-2H3,(H,18,21). The fraction of sp³-hybridized carbons (Fsp3) is 0.294. The Labute approximate surface area is 139 Å². The summed E-state index contributed by atoms with van der Waals surface area (Å²) in [4.78, 5) is 25.7. The van der Waals surface area contributed by atoms with E-state index in [0.29, 0.717) is 29.4 Å². The Morgan fingerprint density at radius 2 is 1.96 bits per heavy atom. The largest absolute Gasteiger partial charge is 0.464 e. The van der Waals surface area contributed by atoms with Crippen LogP contribution in [0.1, 0.15) is 21.9 Å². The monoisotopic (exact) mass is 330 g/mol. The van der Waals surface area contributed by atoms with Crippen LogP contribution in [-0.2, 0) is 11.3 Å². The highest BCUT2D eigenvalue weighted by molar-refractivity contribution is 5.97. The molecule has 2 amide bonds. The molecule has 1 aromatic heterocycles. The predicted octanol–water partition coefficient (Wildman–Crippen LogP) is 1.71. The van der Waals surface area contributed by atoms with E-state index in [1.54, 1.807) is 25.2 Å². The molecule has 0 atom stereocenters. The molecule has 0 saturated carbocycles. The van der Waals surface area contributed by atoms with E-state index in [0.717, 1.165) is 5.76 Å². The molecule has 0 bridgehead atoms. The number of hydrogen-bond donors (Lipinski definition) is 1. The number of ether oxygens (including phenoxy) is 2. The van der Waals surface area contributed by atoms with Crippen molar-refractivity contribution in [3.05, 3.63) is 47.4 Å². The van der Waals surface area contributed by atoms with Gasteiger partial charge in [0, 0.05) is 12.6 Å². The van der Waals surface area contributed by atoms with E-state index in [9.17, 15) is 9.59 Å². The van der Waals surface area contributed by atoms with Crippen molar-refractivity contribution in [3.8, 4) is 11.5 Å². The van der Waals surface area contributed by atoms with E-state index < -0.39 is 0 Å². The van der Waals surface area contributed by atoms with Crippen molar-refractivity contribution in [2.45, 2.75) is 13.5 Å². The number of aryl methyl sites for hydroxylation is 1. The van der Waals surface area contributed by atoms with Gasteiger partial charge in [0.05, 0.1) is 13.1 Å². The normalized spacial score (nSPS) is 12.1. The maximum atomic E-state index is 12.1. The van der Waals surface area contributed by atoms with Crippen LogP contribution < -0.4 is 14.8 Å². The molecule has 7 nitrogen and oxygen atoms in total. The second-order valence-corrected chi connectivity index (χ2v) is 5.51. The summed E-state index contributed by atoms with van der Waals surface area (Å²) >= 11 is 0. The van der Waals surface area contributed by atoms with Gasteiger partial charge in [0.15, 0.2) is 11.5 Å². The first kappa shape index (κ1) is 15.9. The molecule has 126 valence electrons. The second-order valence-electron chi connectivity index (χ2n) is 5.51. The lowest BCUT2D eigenvalue weighted by Gasteiger charge is -2.16. The van der Waals surface area contributed by atoms with Crippen molar-refractivity contribution in [1.82, 2.24) is 10.2 Å². The Bertz CT molecular complexity index is 768. The smallest absolute Gasteiger partial charge is 0.251 e. The lowest BCUT2D eigenvalue weighted by atomic mass is 10.2. The zero-order valence-corrected chi connectivity index (χ0v) is 13.5. The van der Waals surface area contributed by atoms with Crippen LogP contribution in [0, 0.1) is 6.92 Å². The molecule has 3 rings (SSSR count). The van der Waals surface area contributed by atoms with Gasteiger partial charge < -0.3 is 24.1 Å². The molecular weight excluding hydrogens is 312 g/mol. The second kappa shape index (κ2) is 6.66. The predicted molar refractivity (Wildman–Crippen MR) is 84.8 cm³/mol. The molecule has 1 aromatic carbocycles. The topological polar surface area (TPSA) is 81.0 Å². The fourth-order valence-electron chi connectivity index (χ4n) is 2.32. The van der Waals surface area contributed by atoms with Gasteiger partial charge in [0.2, 0.25) is 12.7 Å². The van der Waals surface area contributed by atoms with Crippen molar-refractivity contribution in [3.63, 3.8) is 0 Å². The first-order valence-corrected chi connectivity index (χ1v) is 7.50. The van der Waals surface area contributed by atoms with Gasteiger partial charge in [-0.2, -0.15) is 0 Å². The number of nitrogens with one attached hydrogen (secondary N) is 1. The van der Waals surface area contributed by atoms with E-state index in [4.69, 9.17) is 13.9 Å². The first-order chi connectivity index (χ1) is 11.5. The zero-order valence-electron chi connectivity index (χ0n) is 13.5. The molecule has 0 unspecified atom stereocenters. The molecule has 1 aliphatic heterocycles. The van der Waals surface area contributed by atoms with Crippen molar-refractivity contribution >= 4 is 11.8 Å². The summed E-state index contributed by atoms with van der Waals surface area (Å²) in [6.07, 6.45) is 0. The minimum atomic E-state index is -0.344. The molecule has 0 spiro atoms. The van der Waals surface area contributed by atoms with Crippen LogP contribution in [0.4, 0.5) is 0 Å². The van der Waals surface area contributed by atoms with E-state index in [1.165, 1.54) is 4.90 Å². The third kappa shape index (κ3) is 3.51. The molecule has 1 N–H and O–H groups in total. The first-order valence-electron chi connectivity index (χ1n) is 7.50.